The minimum Gasteiger partial charge on any atom is -0.312 e. The monoisotopic (exact) mass is 235 g/mol. The molecule has 0 amide bonds. The Bertz CT molecular complexity index is 369. The van der Waals surface area contributed by atoms with Crippen LogP contribution < -0.4 is 5.32 Å². The normalized spacial score (nSPS) is 19.1. The molecule has 1 heterocycles. The molecule has 0 aromatic carbocycles. The summed E-state index contributed by atoms with van der Waals surface area (Å²) in [5.41, 5.74) is 1.92. The van der Waals surface area contributed by atoms with Gasteiger partial charge in [-0.2, -0.15) is 5.10 Å². The van der Waals surface area contributed by atoms with E-state index in [1.165, 1.54) is 24.8 Å². The van der Waals surface area contributed by atoms with Crippen LogP contribution in [0.25, 0.3) is 0 Å². The summed E-state index contributed by atoms with van der Waals surface area (Å²) in [6.45, 7) is 11.0. The van der Waals surface area contributed by atoms with E-state index in [-0.39, 0.29) is 5.54 Å². The van der Waals surface area contributed by atoms with Gasteiger partial charge in [0.2, 0.25) is 0 Å². The van der Waals surface area contributed by atoms with Crippen molar-refractivity contribution in [1.29, 1.82) is 0 Å². The van der Waals surface area contributed by atoms with Crippen LogP contribution in [0.2, 0.25) is 0 Å². The van der Waals surface area contributed by atoms with Crippen molar-refractivity contribution in [3.05, 3.63) is 18.0 Å². The lowest BCUT2D eigenvalue weighted by molar-refractivity contribution is 0.156. The Morgan fingerprint density at radius 3 is 2.59 bits per heavy atom. The Morgan fingerprint density at radius 2 is 2.12 bits per heavy atom. The molecule has 1 aromatic heterocycles. The fraction of sp³-hybridized carbons (Fsp3) is 0.786. The molecule has 0 bridgehead atoms. The first-order valence-corrected chi connectivity index (χ1v) is 6.64. The van der Waals surface area contributed by atoms with Gasteiger partial charge in [-0.15, -0.1) is 0 Å². The first kappa shape index (κ1) is 12.6. The lowest BCUT2D eigenvalue weighted by Gasteiger charge is -2.38. The van der Waals surface area contributed by atoms with Crippen molar-refractivity contribution in [2.24, 2.45) is 5.41 Å². The van der Waals surface area contributed by atoms with Gasteiger partial charge in [0.05, 0.1) is 11.7 Å². The largest absolute Gasteiger partial charge is 0.312 e. The quantitative estimate of drug-likeness (QED) is 0.869. The molecule has 2 rings (SSSR count). The van der Waals surface area contributed by atoms with E-state index >= 15 is 0 Å². The van der Waals surface area contributed by atoms with Gasteiger partial charge in [-0.3, -0.25) is 4.68 Å². The first-order valence-electron chi connectivity index (χ1n) is 6.64. The molecular weight excluding hydrogens is 210 g/mol. The fourth-order valence-electron chi connectivity index (χ4n) is 2.28. The van der Waals surface area contributed by atoms with Crippen LogP contribution in [0.15, 0.2) is 12.4 Å². The highest BCUT2D eigenvalue weighted by atomic mass is 15.3. The smallest absolute Gasteiger partial charge is 0.0543 e. The van der Waals surface area contributed by atoms with Crippen LogP contribution >= 0.6 is 0 Å². The lowest BCUT2D eigenvalue weighted by atomic mass is 9.70. The topological polar surface area (TPSA) is 29.9 Å². The Morgan fingerprint density at radius 1 is 1.41 bits per heavy atom. The molecule has 96 valence electrons. The predicted octanol–water partition coefficient (Wildman–Crippen LogP) is 2.92. The average molecular weight is 235 g/mol. The summed E-state index contributed by atoms with van der Waals surface area (Å²) >= 11 is 0. The summed E-state index contributed by atoms with van der Waals surface area (Å²) < 4.78 is 2.04. The second kappa shape index (κ2) is 4.45. The molecule has 1 aromatic rings. The molecule has 0 atom stereocenters. The zero-order valence-electron chi connectivity index (χ0n) is 11.6. The molecule has 1 aliphatic carbocycles. The lowest BCUT2D eigenvalue weighted by Crippen LogP contribution is -2.36. The number of aromatic nitrogens is 2. The van der Waals surface area contributed by atoms with Gasteiger partial charge in [0.15, 0.2) is 0 Å². The van der Waals surface area contributed by atoms with Crippen molar-refractivity contribution in [3.63, 3.8) is 0 Å². The molecule has 1 fully saturated rings. The second-order valence-corrected chi connectivity index (χ2v) is 6.73. The highest BCUT2D eigenvalue weighted by Gasteiger charge is 2.30. The Kier molecular flexibility index (Phi) is 3.30. The van der Waals surface area contributed by atoms with Crippen molar-refractivity contribution in [3.8, 4) is 0 Å². The van der Waals surface area contributed by atoms with Gasteiger partial charge in [0.1, 0.15) is 0 Å². The molecule has 1 saturated carbocycles. The summed E-state index contributed by atoms with van der Waals surface area (Å²) in [6, 6.07) is 0. The second-order valence-electron chi connectivity index (χ2n) is 6.73. The van der Waals surface area contributed by atoms with Gasteiger partial charge in [-0.05, 0) is 39.0 Å². The van der Waals surface area contributed by atoms with Gasteiger partial charge in [0.25, 0.3) is 0 Å². The van der Waals surface area contributed by atoms with Crippen LogP contribution in [-0.4, -0.2) is 16.3 Å². The van der Waals surface area contributed by atoms with Crippen LogP contribution in [0.1, 0.15) is 52.5 Å². The first-order chi connectivity index (χ1) is 7.89. The van der Waals surface area contributed by atoms with Gasteiger partial charge < -0.3 is 5.32 Å². The van der Waals surface area contributed by atoms with Crippen molar-refractivity contribution in [1.82, 2.24) is 15.1 Å². The zero-order valence-corrected chi connectivity index (χ0v) is 11.6. The van der Waals surface area contributed by atoms with Gasteiger partial charge in [-0.1, -0.05) is 13.3 Å². The van der Waals surface area contributed by atoms with Gasteiger partial charge >= 0.3 is 0 Å². The standard InChI is InChI=1S/C14H25N3/c1-13(2,3)17-10-12(9-16-17)8-15-11-14(4)6-5-7-14/h9-10,15H,5-8,11H2,1-4H3. The highest BCUT2D eigenvalue weighted by Crippen LogP contribution is 2.39. The number of nitrogens with zero attached hydrogens (tertiary/aromatic N) is 2. The van der Waals surface area contributed by atoms with E-state index in [4.69, 9.17) is 0 Å². The van der Waals surface area contributed by atoms with Crippen molar-refractivity contribution < 1.29 is 0 Å². The Balaban J connectivity index is 1.81. The van der Waals surface area contributed by atoms with E-state index in [2.05, 4.69) is 44.3 Å². The molecule has 0 aliphatic heterocycles. The van der Waals surface area contributed by atoms with E-state index in [0.717, 1.165) is 13.1 Å². The molecule has 0 radical (unpaired) electrons. The van der Waals surface area contributed by atoms with E-state index in [1.807, 2.05) is 10.9 Å². The Labute approximate surface area is 105 Å². The van der Waals surface area contributed by atoms with Gasteiger partial charge in [-0.25, -0.2) is 0 Å². The summed E-state index contributed by atoms with van der Waals surface area (Å²) in [5, 5.41) is 7.97. The zero-order chi connectivity index (χ0) is 12.5. The summed E-state index contributed by atoms with van der Waals surface area (Å²) in [5.74, 6) is 0. The molecule has 3 nitrogen and oxygen atoms in total. The molecule has 0 saturated heterocycles. The van der Waals surface area contributed by atoms with Crippen molar-refractivity contribution in [2.45, 2.75) is 59.0 Å². The van der Waals surface area contributed by atoms with Crippen LogP contribution in [0.4, 0.5) is 0 Å². The Hall–Kier alpha value is -0.830. The van der Waals surface area contributed by atoms with Crippen LogP contribution in [0.3, 0.4) is 0 Å². The van der Waals surface area contributed by atoms with E-state index in [9.17, 15) is 0 Å². The molecule has 3 heteroatoms. The van der Waals surface area contributed by atoms with E-state index < -0.39 is 0 Å². The van der Waals surface area contributed by atoms with Crippen molar-refractivity contribution in [2.75, 3.05) is 6.54 Å². The SMILES string of the molecule is CC1(CNCc2cnn(C(C)(C)C)c2)CCC1. The number of hydrogen-bond donors (Lipinski definition) is 1. The van der Waals surface area contributed by atoms with Crippen LogP contribution in [0.5, 0.6) is 0 Å². The maximum Gasteiger partial charge on any atom is 0.0543 e. The summed E-state index contributed by atoms with van der Waals surface area (Å²) in [7, 11) is 0. The minimum absolute atomic E-state index is 0.0815. The third-order valence-electron chi connectivity index (χ3n) is 3.76. The number of hydrogen-bond acceptors (Lipinski definition) is 2. The van der Waals surface area contributed by atoms with Crippen LogP contribution in [0, 0.1) is 5.41 Å². The van der Waals surface area contributed by atoms with Gasteiger partial charge in [0, 0.05) is 24.8 Å². The fourth-order valence-corrected chi connectivity index (χ4v) is 2.28. The van der Waals surface area contributed by atoms with Crippen LogP contribution in [-0.2, 0) is 12.1 Å². The molecule has 0 spiro atoms. The maximum absolute atomic E-state index is 4.41. The third kappa shape index (κ3) is 3.09. The third-order valence-corrected chi connectivity index (χ3v) is 3.76. The highest BCUT2D eigenvalue weighted by molar-refractivity contribution is 5.05. The average Bonchev–Trinajstić information content (AvgIpc) is 2.63. The summed E-state index contributed by atoms with van der Waals surface area (Å²) in [4.78, 5) is 0. The molecule has 0 unspecified atom stereocenters. The summed E-state index contributed by atoms with van der Waals surface area (Å²) in [6.07, 6.45) is 8.28. The molecule has 17 heavy (non-hydrogen) atoms. The number of rotatable bonds is 4. The molecular formula is C14H25N3. The molecule has 1 aliphatic rings. The predicted molar refractivity (Wildman–Crippen MR) is 70.9 cm³/mol. The maximum atomic E-state index is 4.41. The van der Waals surface area contributed by atoms with Crippen molar-refractivity contribution >= 4 is 0 Å². The van der Waals surface area contributed by atoms with E-state index in [1.54, 1.807) is 0 Å². The minimum atomic E-state index is 0.0815. The number of nitrogens with one attached hydrogen (secondary N) is 1. The van der Waals surface area contributed by atoms with E-state index in [0.29, 0.717) is 5.41 Å². The molecule has 1 N–H and O–H groups in total.